The fraction of sp³-hybridized carbons (Fsp3) is 0.200. The molecule has 3 N–H and O–H groups in total. The van der Waals surface area contributed by atoms with Gasteiger partial charge in [-0.2, -0.15) is 0 Å². The summed E-state index contributed by atoms with van der Waals surface area (Å²) in [6.07, 6.45) is 0. The molecule has 160 valence electrons. The summed E-state index contributed by atoms with van der Waals surface area (Å²) in [7, 11) is 1.61. The Balaban J connectivity index is 1.51. The number of nitrogens with one attached hydrogen (secondary N) is 3. The number of hydrogen-bond donors (Lipinski definition) is 3. The molecule has 0 aromatic heterocycles. The molecule has 0 saturated carbocycles. The summed E-state index contributed by atoms with van der Waals surface area (Å²) < 4.78 is 5.13. The Hall–Kier alpha value is -3.80. The highest BCUT2D eigenvalue weighted by Gasteiger charge is 2.11. The Labute approximate surface area is 182 Å². The normalized spacial score (nSPS) is 10.3. The van der Waals surface area contributed by atoms with Crippen LogP contribution in [0.4, 0.5) is 5.69 Å². The van der Waals surface area contributed by atoms with Crippen LogP contribution in [0.25, 0.3) is 0 Å². The Morgan fingerprint density at radius 2 is 1.42 bits per heavy atom. The maximum absolute atomic E-state index is 12.7. The van der Waals surface area contributed by atoms with Gasteiger partial charge in [0.15, 0.2) is 0 Å². The molecule has 0 aliphatic carbocycles. The Bertz CT molecular complexity index is 1010. The zero-order chi connectivity index (χ0) is 22.1. The first kappa shape index (κ1) is 21.9. The van der Waals surface area contributed by atoms with Gasteiger partial charge in [0.25, 0.3) is 5.91 Å². The Morgan fingerprint density at radius 3 is 2.10 bits per heavy atom. The fourth-order valence-electron chi connectivity index (χ4n) is 3.00. The first-order valence-corrected chi connectivity index (χ1v) is 10.1. The molecular weight excluding hydrogens is 390 g/mol. The van der Waals surface area contributed by atoms with Crippen LogP contribution in [0.5, 0.6) is 5.75 Å². The highest BCUT2D eigenvalue weighted by atomic mass is 16.5. The molecule has 3 rings (SSSR count). The number of anilines is 1. The van der Waals surface area contributed by atoms with Crippen LogP contribution in [-0.4, -0.2) is 25.5 Å². The van der Waals surface area contributed by atoms with E-state index in [1.165, 1.54) is 5.56 Å². The van der Waals surface area contributed by atoms with Crippen molar-refractivity contribution in [3.05, 3.63) is 95.1 Å². The van der Waals surface area contributed by atoms with E-state index in [-0.39, 0.29) is 18.4 Å². The van der Waals surface area contributed by atoms with E-state index in [0.29, 0.717) is 24.3 Å². The van der Waals surface area contributed by atoms with E-state index in [0.717, 1.165) is 16.9 Å². The molecule has 0 bridgehead atoms. The van der Waals surface area contributed by atoms with Gasteiger partial charge in [-0.1, -0.05) is 54.1 Å². The number of carbonyl (C=O) groups is 2. The second kappa shape index (κ2) is 10.8. The average molecular weight is 418 g/mol. The lowest BCUT2D eigenvalue weighted by molar-refractivity contribution is -0.119. The lowest BCUT2D eigenvalue weighted by atomic mass is 10.1. The van der Waals surface area contributed by atoms with E-state index in [2.05, 4.69) is 16.0 Å². The maximum Gasteiger partial charge on any atom is 0.253 e. The summed E-state index contributed by atoms with van der Waals surface area (Å²) in [5, 5.41) is 8.85. The van der Waals surface area contributed by atoms with Gasteiger partial charge in [-0.15, -0.1) is 0 Å². The third-order valence-electron chi connectivity index (χ3n) is 4.83. The standard InChI is InChI=1S/C25H27N3O3/c1-18-7-9-19(10-8-18)16-28-25(30)22-5-3-4-6-23(22)26-17-24(29)27-15-20-11-13-21(31-2)14-12-20/h3-14,26H,15-17H2,1-2H3,(H,27,29)(H,28,30). The summed E-state index contributed by atoms with van der Waals surface area (Å²) in [5.41, 5.74) is 4.29. The third kappa shape index (κ3) is 6.60. The largest absolute Gasteiger partial charge is 0.497 e. The summed E-state index contributed by atoms with van der Waals surface area (Å²) in [5.74, 6) is 0.419. The van der Waals surface area contributed by atoms with Gasteiger partial charge in [-0.3, -0.25) is 9.59 Å². The van der Waals surface area contributed by atoms with Gasteiger partial charge < -0.3 is 20.7 Å². The number of amides is 2. The zero-order valence-electron chi connectivity index (χ0n) is 17.8. The molecule has 0 unspecified atom stereocenters. The molecule has 0 spiro atoms. The van der Waals surface area contributed by atoms with Gasteiger partial charge in [-0.25, -0.2) is 0 Å². The van der Waals surface area contributed by atoms with E-state index in [9.17, 15) is 9.59 Å². The van der Waals surface area contributed by atoms with Crippen molar-refractivity contribution in [3.8, 4) is 5.75 Å². The van der Waals surface area contributed by atoms with Crippen molar-refractivity contribution in [1.82, 2.24) is 10.6 Å². The van der Waals surface area contributed by atoms with Gasteiger partial charge in [0.05, 0.1) is 19.2 Å². The topological polar surface area (TPSA) is 79.5 Å². The summed E-state index contributed by atoms with van der Waals surface area (Å²) >= 11 is 0. The fourth-order valence-corrected chi connectivity index (χ4v) is 3.00. The van der Waals surface area contributed by atoms with Crippen molar-refractivity contribution >= 4 is 17.5 Å². The monoisotopic (exact) mass is 417 g/mol. The summed E-state index contributed by atoms with van der Waals surface area (Å²) in [6, 6.07) is 22.7. The van der Waals surface area contributed by atoms with Crippen molar-refractivity contribution in [2.45, 2.75) is 20.0 Å². The zero-order valence-corrected chi connectivity index (χ0v) is 17.8. The first-order chi connectivity index (χ1) is 15.0. The lowest BCUT2D eigenvalue weighted by Crippen LogP contribution is -2.30. The molecule has 0 atom stereocenters. The van der Waals surface area contributed by atoms with Crippen molar-refractivity contribution in [3.63, 3.8) is 0 Å². The molecule has 3 aromatic carbocycles. The van der Waals surface area contributed by atoms with E-state index in [1.54, 1.807) is 25.3 Å². The molecule has 31 heavy (non-hydrogen) atoms. The lowest BCUT2D eigenvalue weighted by Gasteiger charge is -2.13. The number of hydrogen-bond acceptors (Lipinski definition) is 4. The minimum atomic E-state index is -0.192. The minimum Gasteiger partial charge on any atom is -0.497 e. The number of carbonyl (C=O) groups excluding carboxylic acids is 2. The van der Waals surface area contributed by atoms with E-state index in [4.69, 9.17) is 4.74 Å². The molecule has 0 heterocycles. The van der Waals surface area contributed by atoms with Crippen molar-refractivity contribution in [2.75, 3.05) is 19.0 Å². The second-order valence-electron chi connectivity index (χ2n) is 7.19. The molecule has 0 aliphatic rings. The van der Waals surface area contributed by atoms with Crippen molar-refractivity contribution in [2.24, 2.45) is 0 Å². The van der Waals surface area contributed by atoms with Gasteiger partial charge in [0, 0.05) is 18.8 Å². The van der Waals surface area contributed by atoms with E-state index < -0.39 is 0 Å². The van der Waals surface area contributed by atoms with Crippen molar-refractivity contribution < 1.29 is 14.3 Å². The van der Waals surface area contributed by atoms with Gasteiger partial charge in [0.1, 0.15) is 5.75 Å². The molecule has 6 nitrogen and oxygen atoms in total. The highest BCUT2D eigenvalue weighted by molar-refractivity contribution is 6.00. The number of methoxy groups -OCH3 is 1. The molecule has 0 fully saturated rings. The van der Waals surface area contributed by atoms with Crippen LogP contribution < -0.4 is 20.7 Å². The molecule has 0 saturated heterocycles. The van der Waals surface area contributed by atoms with Gasteiger partial charge in [-0.05, 0) is 42.3 Å². The van der Waals surface area contributed by atoms with Crippen LogP contribution in [0, 0.1) is 6.92 Å². The summed E-state index contributed by atoms with van der Waals surface area (Å²) in [4.78, 5) is 24.9. The molecule has 3 aromatic rings. The highest BCUT2D eigenvalue weighted by Crippen LogP contribution is 2.15. The predicted octanol–water partition coefficient (Wildman–Crippen LogP) is 3.66. The quantitative estimate of drug-likeness (QED) is 0.496. The van der Waals surface area contributed by atoms with Crippen LogP contribution in [-0.2, 0) is 17.9 Å². The Kier molecular flexibility index (Phi) is 7.65. The SMILES string of the molecule is COc1ccc(CNC(=O)CNc2ccccc2C(=O)NCc2ccc(C)cc2)cc1. The third-order valence-corrected chi connectivity index (χ3v) is 4.83. The Morgan fingerprint density at radius 1 is 0.806 bits per heavy atom. The smallest absolute Gasteiger partial charge is 0.253 e. The average Bonchev–Trinajstić information content (AvgIpc) is 2.81. The number of benzene rings is 3. The second-order valence-corrected chi connectivity index (χ2v) is 7.19. The maximum atomic E-state index is 12.7. The van der Waals surface area contributed by atoms with Gasteiger partial charge >= 0.3 is 0 Å². The van der Waals surface area contributed by atoms with Crippen LogP contribution in [0.2, 0.25) is 0 Å². The molecule has 2 amide bonds. The minimum absolute atomic E-state index is 0.0679. The van der Waals surface area contributed by atoms with Crippen LogP contribution >= 0.6 is 0 Å². The number of ether oxygens (including phenoxy) is 1. The van der Waals surface area contributed by atoms with Crippen LogP contribution in [0.15, 0.2) is 72.8 Å². The molecule has 6 heteroatoms. The van der Waals surface area contributed by atoms with Crippen LogP contribution in [0.1, 0.15) is 27.0 Å². The van der Waals surface area contributed by atoms with Crippen molar-refractivity contribution in [1.29, 1.82) is 0 Å². The predicted molar refractivity (Wildman–Crippen MR) is 122 cm³/mol. The molecule has 0 radical (unpaired) electrons. The number of rotatable bonds is 9. The molecule has 0 aliphatic heterocycles. The molecular formula is C25H27N3O3. The number of aryl methyl sites for hydroxylation is 1. The van der Waals surface area contributed by atoms with Crippen LogP contribution in [0.3, 0.4) is 0 Å². The van der Waals surface area contributed by atoms with E-state index >= 15 is 0 Å². The summed E-state index contributed by atoms with van der Waals surface area (Å²) in [6.45, 7) is 2.95. The van der Waals surface area contributed by atoms with Gasteiger partial charge in [0.2, 0.25) is 5.91 Å². The number of para-hydroxylation sites is 1. The first-order valence-electron chi connectivity index (χ1n) is 10.1. The van der Waals surface area contributed by atoms with E-state index in [1.807, 2.05) is 61.5 Å².